The van der Waals surface area contributed by atoms with Gasteiger partial charge in [-0.05, 0) is 41.6 Å². The fourth-order valence-corrected chi connectivity index (χ4v) is 3.03. The Balaban J connectivity index is 1.97. The van der Waals surface area contributed by atoms with Crippen LogP contribution in [-0.4, -0.2) is 21.9 Å². The second-order valence-corrected chi connectivity index (χ2v) is 5.48. The van der Waals surface area contributed by atoms with E-state index in [0.717, 1.165) is 41.5 Å². The van der Waals surface area contributed by atoms with Gasteiger partial charge in [0.25, 0.3) is 0 Å². The first kappa shape index (κ1) is 13.1. The third kappa shape index (κ3) is 2.89. The first-order valence-corrected chi connectivity index (χ1v) is 6.98. The van der Waals surface area contributed by atoms with Gasteiger partial charge < -0.3 is 10.5 Å². The zero-order valence-electron chi connectivity index (χ0n) is 10.4. The van der Waals surface area contributed by atoms with Gasteiger partial charge in [0.2, 0.25) is 0 Å². The molecule has 2 atom stereocenters. The normalized spacial score (nSPS) is 24.5. The average molecular weight is 302 g/mol. The molecule has 0 spiro atoms. The van der Waals surface area contributed by atoms with E-state index < -0.39 is 0 Å². The number of hydrogen-bond donors (Lipinski definition) is 1. The van der Waals surface area contributed by atoms with Crippen molar-refractivity contribution >= 4 is 15.9 Å². The van der Waals surface area contributed by atoms with Crippen LogP contribution in [0, 0.1) is 0 Å². The van der Waals surface area contributed by atoms with Crippen molar-refractivity contribution in [3.8, 4) is 0 Å². The monoisotopic (exact) mass is 301 g/mol. The highest BCUT2D eigenvalue weighted by molar-refractivity contribution is 9.10. The fraction of sp³-hybridized carbons (Fsp3) is 0.750. The molecule has 1 heterocycles. The Labute approximate surface area is 111 Å². The van der Waals surface area contributed by atoms with Crippen LogP contribution in [0.1, 0.15) is 37.6 Å². The van der Waals surface area contributed by atoms with E-state index >= 15 is 0 Å². The van der Waals surface area contributed by atoms with Crippen LogP contribution < -0.4 is 5.73 Å². The van der Waals surface area contributed by atoms with Crippen molar-refractivity contribution in [1.82, 2.24) is 9.78 Å². The molecule has 0 bridgehead atoms. The summed E-state index contributed by atoms with van der Waals surface area (Å²) in [5, 5.41) is 4.45. The minimum atomic E-state index is 0.317. The number of rotatable bonds is 4. The predicted octanol–water partition coefficient (Wildman–Crippen LogP) is 2.14. The molecular formula is C12H20BrN3O. The van der Waals surface area contributed by atoms with Gasteiger partial charge in [-0.1, -0.05) is 6.92 Å². The summed E-state index contributed by atoms with van der Waals surface area (Å²) < 4.78 is 8.90. The van der Waals surface area contributed by atoms with Crippen molar-refractivity contribution in [1.29, 1.82) is 0 Å². The van der Waals surface area contributed by atoms with Gasteiger partial charge in [-0.25, -0.2) is 0 Å². The van der Waals surface area contributed by atoms with Gasteiger partial charge in [-0.2, -0.15) is 5.10 Å². The lowest BCUT2D eigenvalue weighted by Crippen LogP contribution is -2.17. The summed E-state index contributed by atoms with van der Waals surface area (Å²) in [6.45, 7) is 2.72. The first-order valence-electron chi connectivity index (χ1n) is 6.19. The van der Waals surface area contributed by atoms with E-state index in [4.69, 9.17) is 10.5 Å². The number of aromatic nitrogens is 2. The van der Waals surface area contributed by atoms with Crippen LogP contribution in [0.3, 0.4) is 0 Å². The Kier molecular flexibility index (Phi) is 4.22. The minimum absolute atomic E-state index is 0.317. The first-order chi connectivity index (χ1) is 8.11. The van der Waals surface area contributed by atoms with Crippen LogP contribution in [0.4, 0.5) is 0 Å². The third-order valence-corrected chi connectivity index (χ3v) is 4.30. The number of aryl methyl sites for hydroxylation is 2. The Bertz CT molecular complexity index is 391. The zero-order valence-corrected chi connectivity index (χ0v) is 12.0. The topological polar surface area (TPSA) is 53.1 Å². The number of hydrogen-bond acceptors (Lipinski definition) is 3. The maximum atomic E-state index is 5.91. The van der Waals surface area contributed by atoms with Crippen LogP contribution in [-0.2, 0) is 24.8 Å². The molecule has 0 amide bonds. The van der Waals surface area contributed by atoms with E-state index in [2.05, 4.69) is 28.0 Å². The van der Waals surface area contributed by atoms with Crippen LogP contribution in [0.5, 0.6) is 0 Å². The van der Waals surface area contributed by atoms with Crippen molar-refractivity contribution in [3.05, 3.63) is 15.9 Å². The molecule has 17 heavy (non-hydrogen) atoms. The van der Waals surface area contributed by atoms with Gasteiger partial charge in [0.1, 0.15) is 0 Å². The molecule has 96 valence electrons. The quantitative estimate of drug-likeness (QED) is 0.927. The minimum Gasteiger partial charge on any atom is -0.372 e. The lowest BCUT2D eigenvalue weighted by atomic mass is 10.3. The summed E-state index contributed by atoms with van der Waals surface area (Å²) in [4.78, 5) is 0. The van der Waals surface area contributed by atoms with Crippen molar-refractivity contribution in [2.24, 2.45) is 12.8 Å². The molecule has 1 aromatic heterocycles. The highest BCUT2D eigenvalue weighted by Gasteiger charge is 2.23. The van der Waals surface area contributed by atoms with Crippen molar-refractivity contribution in [2.45, 2.75) is 51.4 Å². The van der Waals surface area contributed by atoms with Crippen LogP contribution in [0.2, 0.25) is 0 Å². The highest BCUT2D eigenvalue weighted by Crippen LogP contribution is 2.25. The molecular weight excluding hydrogens is 282 g/mol. The number of halogens is 1. The van der Waals surface area contributed by atoms with Crippen molar-refractivity contribution in [2.75, 3.05) is 0 Å². The van der Waals surface area contributed by atoms with Gasteiger partial charge in [0.05, 0.1) is 28.6 Å². The van der Waals surface area contributed by atoms with E-state index in [1.165, 1.54) is 0 Å². The summed E-state index contributed by atoms with van der Waals surface area (Å²) in [6, 6.07) is 0.321. The van der Waals surface area contributed by atoms with E-state index in [9.17, 15) is 0 Å². The molecule has 2 N–H and O–H groups in total. The molecule has 0 saturated heterocycles. The molecule has 0 aromatic carbocycles. The molecule has 5 heteroatoms. The Morgan fingerprint density at radius 3 is 2.82 bits per heavy atom. The predicted molar refractivity (Wildman–Crippen MR) is 70.7 cm³/mol. The Morgan fingerprint density at radius 1 is 1.53 bits per heavy atom. The van der Waals surface area contributed by atoms with E-state index in [1.54, 1.807) is 0 Å². The number of nitrogens with two attached hydrogens (primary N) is 1. The smallest absolute Gasteiger partial charge is 0.0900 e. The zero-order chi connectivity index (χ0) is 12.4. The number of nitrogens with zero attached hydrogens (tertiary/aromatic N) is 2. The van der Waals surface area contributed by atoms with Crippen LogP contribution in [0.15, 0.2) is 4.47 Å². The Morgan fingerprint density at radius 2 is 2.29 bits per heavy atom. The molecule has 4 nitrogen and oxygen atoms in total. The molecule has 2 rings (SSSR count). The summed E-state index contributed by atoms with van der Waals surface area (Å²) >= 11 is 3.60. The highest BCUT2D eigenvalue weighted by atomic mass is 79.9. The summed E-state index contributed by atoms with van der Waals surface area (Å²) in [5.41, 5.74) is 8.08. The van der Waals surface area contributed by atoms with Gasteiger partial charge in [-0.3, -0.25) is 4.68 Å². The lowest BCUT2D eigenvalue weighted by molar-refractivity contribution is 0.0409. The van der Waals surface area contributed by atoms with Gasteiger partial charge in [-0.15, -0.1) is 0 Å². The Hall–Kier alpha value is -0.390. The molecule has 1 fully saturated rings. The molecule has 0 radical (unpaired) electrons. The SMILES string of the molecule is CCc1nn(C)c(COC2CCC(N)C2)c1Br. The molecule has 1 aliphatic carbocycles. The van der Waals surface area contributed by atoms with Gasteiger partial charge >= 0.3 is 0 Å². The second kappa shape index (κ2) is 5.50. The number of ether oxygens (including phenoxy) is 1. The third-order valence-electron chi connectivity index (χ3n) is 3.38. The summed E-state index contributed by atoms with van der Waals surface area (Å²) in [7, 11) is 1.96. The molecule has 1 saturated carbocycles. The standard InChI is InChI=1S/C12H20BrN3O/c1-3-10-12(13)11(16(2)15-10)7-17-9-5-4-8(14)6-9/h8-9H,3-7,14H2,1-2H3. The van der Waals surface area contributed by atoms with Gasteiger partial charge in [0.15, 0.2) is 0 Å². The summed E-state index contributed by atoms with van der Waals surface area (Å²) in [6.07, 6.45) is 4.39. The average Bonchev–Trinajstić information content (AvgIpc) is 2.82. The molecule has 1 aliphatic rings. The van der Waals surface area contributed by atoms with Crippen molar-refractivity contribution < 1.29 is 4.74 Å². The summed E-state index contributed by atoms with van der Waals surface area (Å²) in [5.74, 6) is 0. The van der Waals surface area contributed by atoms with E-state index in [0.29, 0.717) is 18.8 Å². The molecule has 0 aliphatic heterocycles. The van der Waals surface area contributed by atoms with E-state index in [1.807, 2.05) is 11.7 Å². The fourth-order valence-electron chi connectivity index (χ4n) is 2.30. The molecule has 1 aromatic rings. The lowest BCUT2D eigenvalue weighted by Gasteiger charge is -2.11. The van der Waals surface area contributed by atoms with Crippen LogP contribution >= 0.6 is 15.9 Å². The maximum Gasteiger partial charge on any atom is 0.0900 e. The largest absolute Gasteiger partial charge is 0.372 e. The second-order valence-electron chi connectivity index (χ2n) is 4.69. The van der Waals surface area contributed by atoms with E-state index in [-0.39, 0.29) is 0 Å². The maximum absolute atomic E-state index is 5.91. The van der Waals surface area contributed by atoms with Gasteiger partial charge in [0, 0.05) is 13.1 Å². The molecule has 2 unspecified atom stereocenters. The van der Waals surface area contributed by atoms with Crippen LogP contribution in [0.25, 0.3) is 0 Å². The van der Waals surface area contributed by atoms with Crippen molar-refractivity contribution in [3.63, 3.8) is 0 Å².